The first kappa shape index (κ1) is 19.7. The quantitative estimate of drug-likeness (QED) is 0.434. The molecule has 0 atom stereocenters. The van der Waals surface area contributed by atoms with Crippen molar-refractivity contribution in [1.29, 1.82) is 0 Å². The third-order valence-corrected chi connectivity index (χ3v) is 5.52. The number of fused-ring (bicyclic) bond motifs is 3. The number of phenolic OH excluding ortho intramolecular Hbond substituents is 1. The number of nitrogens with one attached hydrogen (secondary N) is 2. The maximum atomic E-state index is 12.6. The fourth-order valence-corrected chi connectivity index (χ4v) is 3.89. The lowest BCUT2D eigenvalue weighted by molar-refractivity contribution is 0.0949. The van der Waals surface area contributed by atoms with E-state index in [1.165, 1.54) is 11.8 Å². The molecule has 1 aliphatic rings. The number of aryl methyl sites for hydroxylation is 1. The molecule has 3 aromatic rings. The molecule has 0 aliphatic heterocycles. The zero-order valence-electron chi connectivity index (χ0n) is 17.1. The zero-order valence-corrected chi connectivity index (χ0v) is 17.1. The summed E-state index contributed by atoms with van der Waals surface area (Å²) in [6.45, 7) is 5.85. The standard InChI is InChI=1S/C23H25N5O2/c1-3-28(4-2)17-11-9-16(20(29)13-17)14-24-27-23(30)22-19-12-10-15-7-5-6-8-18(15)21(19)25-26-22/h5-9,11,13-14,29H,3-4,10,12H2,1-2H3,(H,25,26)(H,27,30)/b24-14+. The summed E-state index contributed by atoms with van der Waals surface area (Å²) in [5, 5.41) is 21.5. The fourth-order valence-electron chi connectivity index (χ4n) is 3.89. The van der Waals surface area contributed by atoms with E-state index >= 15 is 0 Å². The molecule has 4 rings (SSSR count). The number of carbonyl (C=O) groups excluding carboxylic acids is 1. The van der Waals surface area contributed by atoms with Crippen LogP contribution in [0.2, 0.25) is 0 Å². The van der Waals surface area contributed by atoms with E-state index in [9.17, 15) is 9.90 Å². The number of H-pyrrole nitrogens is 1. The molecule has 1 heterocycles. The highest BCUT2D eigenvalue weighted by Gasteiger charge is 2.24. The first-order chi connectivity index (χ1) is 14.6. The number of hydrogen-bond acceptors (Lipinski definition) is 5. The predicted octanol–water partition coefficient (Wildman–Crippen LogP) is 3.49. The van der Waals surface area contributed by atoms with Gasteiger partial charge in [-0.05, 0) is 44.4 Å². The van der Waals surface area contributed by atoms with Crippen LogP contribution in [0.4, 0.5) is 5.69 Å². The Labute approximate surface area is 175 Å². The molecule has 0 spiro atoms. The molecule has 0 fully saturated rings. The summed E-state index contributed by atoms with van der Waals surface area (Å²) in [6, 6.07) is 13.5. The van der Waals surface area contributed by atoms with Crippen LogP contribution < -0.4 is 10.3 Å². The number of hydrogen-bond donors (Lipinski definition) is 3. The van der Waals surface area contributed by atoms with Crippen molar-refractivity contribution in [2.45, 2.75) is 26.7 Å². The van der Waals surface area contributed by atoms with E-state index in [1.54, 1.807) is 12.1 Å². The molecule has 7 nitrogen and oxygen atoms in total. The summed E-state index contributed by atoms with van der Waals surface area (Å²) < 4.78 is 0. The van der Waals surface area contributed by atoms with Gasteiger partial charge in [0.2, 0.25) is 0 Å². The van der Waals surface area contributed by atoms with Crippen LogP contribution in [0.1, 0.15) is 41.0 Å². The summed E-state index contributed by atoms with van der Waals surface area (Å²) in [4.78, 5) is 14.8. The molecule has 0 saturated heterocycles. The van der Waals surface area contributed by atoms with Crippen LogP contribution in [0.3, 0.4) is 0 Å². The predicted molar refractivity (Wildman–Crippen MR) is 118 cm³/mol. The molecule has 7 heteroatoms. The highest BCUT2D eigenvalue weighted by molar-refractivity contribution is 5.96. The fraction of sp³-hybridized carbons (Fsp3) is 0.261. The maximum Gasteiger partial charge on any atom is 0.289 e. The first-order valence-electron chi connectivity index (χ1n) is 10.2. The summed E-state index contributed by atoms with van der Waals surface area (Å²) in [5.74, 6) is -0.230. The number of rotatable bonds is 6. The Bertz CT molecular complexity index is 1100. The van der Waals surface area contributed by atoms with E-state index in [0.29, 0.717) is 11.3 Å². The second-order valence-electron chi connectivity index (χ2n) is 7.20. The van der Waals surface area contributed by atoms with Crippen molar-refractivity contribution in [2.24, 2.45) is 5.10 Å². The number of benzene rings is 2. The molecule has 2 aromatic carbocycles. The summed E-state index contributed by atoms with van der Waals surface area (Å²) in [5.41, 5.74) is 8.49. The van der Waals surface area contributed by atoms with Crippen LogP contribution in [-0.2, 0) is 12.8 Å². The van der Waals surface area contributed by atoms with E-state index in [4.69, 9.17) is 0 Å². The van der Waals surface area contributed by atoms with Crippen molar-refractivity contribution in [3.63, 3.8) is 0 Å². The number of phenols is 1. The molecule has 1 aliphatic carbocycles. The highest BCUT2D eigenvalue weighted by atomic mass is 16.3. The van der Waals surface area contributed by atoms with Gasteiger partial charge >= 0.3 is 0 Å². The number of aromatic amines is 1. The van der Waals surface area contributed by atoms with Crippen molar-refractivity contribution in [1.82, 2.24) is 15.6 Å². The average Bonchev–Trinajstić information content (AvgIpc) is 3.21. The lowest BCUT2D eigenvalue weighted by Crippen LogP contribution is -2.21. The number of carbonyl (C=O) groups is 1. The Morgan fingerprint density at radius 1 is 1.23 bits per heavy atom. The van der Waals surface area contributed by atoms with Crippen molar-refractivity contribution in [3.8, 4) is 17.0 Å². The van der Waals surface area contributed by atoms with E-state index in [1.807, 2.05) is 24.3 Å². The second-order valence-corrected chi connectivity index (χ2v) is 7.20. The van der Waals surface area contributed by atoms with Gasteiger partial charge in [-0.25, -0.2) is 5.43 Å². The number of aromatic nitrogens is 2. The Morgan fingerprint density at radius 2 is 2.03 bits per heavy atom. The van der Waals surface area contributed by atoms with Crippen LogP contribution in [0.15, 0.2) is 47.6 Å². The van der Waals surface area contributed by atoms with E-state index in [-0.39, 0.29) is 11.7 Å². The molecule has 1 aromatic heterocycles. The molecule has 1 amide bonds. The van der Waals surface area contributed by atoms with Gasteiger partial charge in [0.1, 0.15) is 11.4 Å². The lowest BCUT2D eigenvalue weighted by Gasteiger charge is -2.21. The largest absolute Gasteiger partial charge is 0.507 e. The number of aromatic hydroxyl groups is 1. The van der Waals surface area contributed by atoms with Gasteiger partial charge in [0, 0.05) is 41.5 Å². The van der Waals surface area contributed by atoms with Crippen molar-refractivity contribution >= 4 is 17.8 Å². The zero-order chi connectivity index (χ0) is 21.1. The average molecular weight is 403 g/mol. The van der Waals surface area contributed by atoms with Gasteiger partial charge in [-0.2, -0.15) is 10.2 Å². The van der Waals surface area contributed by atoms with Gasteiger partial charge in [0.05, 0.1) is 11.9 Å². The van der Waals surface area contributed by atoms with Crippen LogP contribution in [0.25, 0.3) is 11.3 Å². The normalized spacial score (nSPS) is 12.5. The Hall–Kier alpha value is -3.61. The minimum absolute atomic E-state index is 0.118. The van der Waals surface area contributed by atoms with E-state index in [0.717, 1.165) is 48.4 Å². The molecule has 3 N–H and O–H groups in total. The van der Waals surface area contributed by atoms with Crippen molar-refractivity contribution in [2.75, 3.05) is 18.0 Å². The molecule has 0 bridgehead atoms. The van der Waals surface area contributed by atoms with Crippen molar-refractivity contribution in [3.05, 3.63) is 64.8 Å². The summed E-state index contributed by atoms with van der Waals surface area (Å²) in [7, 11) is 0. The molecular weight excluding hydrogens is 378 g/mol. The van der Waals surface area contributed by atoms with Crippen LogP contribution in [-0.4, -0.2) is 40.5 Å². The van der Waals surface area contributed by atoms with Crippen molar-refractivity contribution < 1.29 is 9.90 Å². The first-order valence-corrected chi connectivity index (χ1v) is 10.2. The smallest absolute Gasteiger partial charge is 0.289 e. The molecule has 0 unspecified atom stereocenters. The highest BCUT2D eigenvalue weighted by Crippen LogP contribution is 2.33. The van der Waals surface area contributed by atoms with Crippen LogP contribution >= 0.6 is 0 Å². The van der Waals surface area contributed by atoms with E-state index < -0.39 is 0 Å². The van der Waals surface area contributed by atoms with Gasteiger partial charge in [-0.1, -0.05) is 24.3 Å². The summed E-state index contributed by atoms with van der Waals surface area (Å²) >= 11 is 0. The molecule has 154 valence electrons. The lowest BCUT2D eigenvalue weighted by atomic mass is 9.89. The third kappa shape index (κ3) is 3.66. The second kappa shape index (κ2) is 8.41. The van der Waals surface area contributed by atoms with Gasteiger partial charge in [-0.3, -0.25) is 9.89 Å². The number of amides is 1. The Morgan fingerprint density at radius 3 is 2.80 bits per heavy atom. The van der Waals surface area contributed by atoms with Crippen LogP contribution in [0.5, 0.6) is 5.75 Å². The summed E-state index contributed by atoms with van der Waals surface area (Å²) in [6.07, 6.45) is 3.07. The number of anilines is 1. The molecular formula is C23H25N5O2. The number of hydrazone groups is 1. The van der Waals surface area contributed by atoms with Gasteiger partial charge in [0.25, 0.3) is 5.91 Å². The van der Waals surface area contributed by atoms with E-state index in [2.05, 4.69) is 45.5 Å². The van der Waals surface area contributed by atoms with Gasteiger partial charge in [0.15, 0.2) is 0 Å². The minimum atomic E-state index is -0.348. The minimum Gasteiger partial charge on any atom is -0.507 e. The Balaban J connectivity index is 1.48. The third-order valence-electron chi connectivity index (χ3n) is 5.52. The monoisotopic (exact) mass is 403 g/mol. The molecule has 30 heavy (non-hydrogen) atoms. The van der Waals surface area contributed by atoms with Gasteiger partial charge < -0.3 is 10.0 Å². The topological polar surface area (TPSA) is 93.6 Å². The number of nitrogens with zero attached hydrogens (tertiary/aromatic N) is 3. The molecule has 0 radical (unpaired) electrons. The van der Waals surface area contributed by atoms with Gasteiger partial charge in [-0.15, -0.1) is 0 Å². The Kier molecular flexibility index (Phi) is 5.52. The molecule has 0 saturated carbocycles. The van der Waals surface area contributed by atoms with Crippen LogP contribution in [0, 0.1) is 0 Å². The SMILES string of the molecule is CCN(CC)c1ccc(/C=N/NC(=O)c2[nH]nc3c2CCc2ccccc2-3)c(O)c1. The maximum absolute atomic E-state index is 12.6.